The van der Waals surface area contributed by atoms with Crippen LogP contribution in [0.4, 0.5) is 0 Å². The second-order valence-corrected chi connectivity index (χ2v) is 8.07. The van der Waals surface area contributed by atoms with Gasteiger partial charge in [-0.25, -0.2) is 9.67 Å². The van der Waals surface area contributed by atoms with E-state index in [9.17, 15) is 9.59 Å². The van der Waals surface area contributed by atoms with Gasteiger partial charge in [0, 0.05) is 18.4 Å². The standard InChI is InChI=1S/C23H26N6O2/c1-5-28-12-17(21(30)16-11-10-15(4)24-22(16)28)23(31)25-19(14(2)3)13-29-20-9-7-6-8-18(20)26-27-29/h6-12,14,19H,5,13H2,1-4H3,(H,25,31)/t19-/m0/s1. The lowest BCUT2D eigenvalue weighted by Crippen LogP contribution is -2.43. The first-order chi connectivity index (χ1) is 14.9. The molecule has 3 aromatic heterocycles. The maximum Gasteiger partial charge on any atom is 0.257 e. The molecule has 0 spiro atoms. The van der Waals surface area contributed by atoms with Gasteiger partial charge >= 0.3 is 0 Å². The zero-order valence-electron chi connectivity index (χ0n) is 18.2. The van der Waals surface area contributed by atoms with Crippen LogP contribution in [0.3, 0.4) is 0 Å². The van der Waals surface area contributed by atoms with E-state index in [-0.39, 0.29) is 23.0 Å². The summed E-state index contributed by atoms with van der Waals surface area (Å²) in [5, 5.41) is 11.9. The van der Waals surface area contributed by atoms with Gasteiger partial charge in [-0.15, -0.1) is 5.10 Å². The lowest BCUT2D eigenvalue weighted by atomic mass is 10.0. The zero-order chi connectivity index (χ0) is 22.1. The Labute approximate surface area is 179 Å². The predicted octanol–water partition coefficient (Wildman–Crippen LogP) is 2.92. The van der Waals surface area contributed by atoms with E-state index in [0.717, 1.165) is 16.7 Å². The van der Waals surface area contributed by atoms with Crippen molar-refractivity contribution >= 4 is 28.0 Å². The predicted molar refractivity (Wildman–Crippen MR) is 120 cm³/mol. The lowest BCUT2D eigenvalue weighted by Gasteiger charge is -2.22. The van der Waals surface area contributed by atoms with E-state index < -0.39 is 5.91 Å². The number of para-hydroxylation sites is 1. The largest absolute Gasteiger partial charge is 0.347 e. The maximum absolute atomic E-state index is 13.2. The second-order valence-electron chi connectivity index (χ2n) is 8.07. The van der Waals surface area contributed by atoms with Crippen molar-refractivity contribution in [1.29, 1.82) is 0 Å². The molecule has 0 unspecified atom stereocenters. The summed E-state index contributed by atoms with van der Waals surface area (Å²) in [4.78, 5) is 30.7. The van der Waals surface area contributed by atoms with Crippen LogP contribution in [0.25, 0.3) is 22.1 Å². The van der Waals surface area contributed by atoms with E-state index in [1.807, 2.05) is 56.5 Å². The highest BCUT2D eigenvalue weighted by Crippen LogP contribution is 2.14. The summed E-state index contributed by atoms with van der Waals surface area (Å²) in [6.07, 6.45) is 1.61. The summed E-state index contributed by atoms with van der Waals surface area (Å²) in [5.74, 6) is -0.261. The average molecular weight is 419 g/mol. The first kappa shape index (κ1) is 20.7. The lowest BCUT2D eigenvalue weighted by molar-refractivity contribution is 0.0918. The molecule has 1 aromatic carbocycles. The van der Waals surface area contributed by atoms with E-state index in [1.165, 1.54) is 0 Å². The Hall–Kier alpha value is -3.55. The number of amides is 1. The summed E-state index contributed by atoms with van der Waals surface area (Å²) in [6, 6.07) is 11.0. The van der Waals surface area contributed by atoms with Gasteiger partial charge in [-0.2, -0.15) is 0 Å². The Morgan fingerprint density at radius 3 is 2.68 bits per heavy atom. The number of hydrogen-bond donors (Lipinski definition) is 1. The molecule has 1 atom stereocenters. The first-order valence-electron chi connectivity index (χ1n) is 10.5. The molecule has 31 heavy (non-hydrogen) atoms. The third-order valence-electron chi connectivity index (χ3n) is 5.56. The van der Waals surface area contributed by atoms with Crippen LogP contribution in [0.2, 0.25) is 0 Å². The van der Waals surface area contributed by atoms with Gasteiger partial charge in [0.2, 0.25) is 5.43 Å². The molecule has 1 amide bonds. The normalized spacial score (nSPS) is 12.5. The number of fused-ring (bicyclic) bond motifs is 2. The topological polar surface area (TPSA) is 94.7 Å². The Morgan fingerprint density at radius 1 is 1.16 bits per heavy atom. The van der Waals surface area contributed by atoms with Crippen molar-refractivity contribution in [3.05, 3.63) is 64.1 Å². The quantitative estimate of drug-likeness (QED) is 0.520. The molecule has 0 fully saturated rings. The molecule has 0 saturated carbocycles. The zero-order valence-corrected chi connectivity index (χ0v) is 18.2. The van der Waals surface area contributed by atoms with Gasteiger partial charge in [-0.1, -0.05) is 31.2 Å². The number of benzene rings is 1. The van der Waals surface area contributed by atoms with Crippen LogP contribution in [0, 0.1) is 12.8 Å². The Kier molecular flexibility index (Phi) is 5.54. The fourth-order valence-electron chi connectivity index (χ4n) is 3.67. The average Bonchev–Trinajstić information content (AvgIpc) is 3.16. The summed E-state index contributed by atoms with van der Waals surface area (Å²) < 4.78 is 3.63. The molecule has 1 N–H and O–H groups in total. The van der Waals surface area contributed by atoms with Crippen molar-refractivity contribution in [3.63, 3.8) is 0 Å². The fraction of sp³-hybridized carbons (Fsp3) is 0.348. The molecule has 160 valence electrons. The van der Waals surface area contributed by atoms with Gasteiger partial charge in [0.1, 0.15) is 16.7 Å². The minimum Gasteiger partial charge on any atom is -0.347 e. The molecule has 0 aliphatic rings. The highest BCUT2D eigenvalue weighted by molar-refractivity contribution is 5.97. The van der Waals surface area contributed by atoms with E-state index in [0.29, 0.717) is 24.1 Å². The molecule has 0 aliphatic carbocycles. The SMILES string of the molecule is CCn1cc(C(=O)N[C@@H](Cn2nnc3ccccc32)C(C)C)c(=O)c2ccc(C)nc21. The fourth-order valence-corrected chi connectivity index (χ4v) is 3.67. The number of aromatic nitrogens is 5. The number of pyridine rings is 2. The van der Waals surface area contributed by atoms with Crippen molar-refractivity contribution in [2.75, 3.05) is 0 Å². The minimum absolute atomic E-state index is 0.120. The summed E-state index contributed by atoms with van der Waals surface area (Å²) in [7, 11) is 0. The molecule has 0 aliphatic heterocycles. The van der Waals surface area contributed by atoms with E-state index in [4.69, 9.17) is 0 Å². The van der Waals surface area contributed by atoms with Gasteiger partial charge in [0.25, 0.3) is 5.91 Å². The molecule has 8 nitrogen and oxygen atoms in total. The smallest absolute Gasteiger partial charge is 0.257 e. The Balaban J connectivity index is 1.66. The van der Waals surface area contributed by atoms with Crippen LogP contribution in [0.5, 0.6) is 0 Å². The molecule has 0 radical (unpaired) electrons. The summed E-state index contributed by atoms with van der Waals surface area (Å²) in [6.45, 7) is 8.96. The van der Waals surface area contributed by atoms with Crippen LogP contribution in [-0.4, -0.2) is 36.5 Å². The number of nitrogens with one attached hydrogen (secondary N) is 1. The molecule has 8 heteroatoms. The van der Waals surface area contributed by atoms with Gasteiger partial charge in [-0.05, 0) is 44.0 Å². The van der Waals surface area contributed by atoms with Gasteiger partial charge in [0.15, 0.2) is 0 Å². The molecule has 3 heterocycles. The van der Waals surface area contributed by atoms with E-state index in [2.05, 4.69) is 20.6 Å². The molecule has 4 rings (SSSR count). The number of hydrogen-bond acceptors (Lipinski definition) is 5. The molecule has 4 aromatic rings. The third kappa shape index (κ3) is 3.93. The monoisotopic (exact) mass is 418 g/mol. The highest BCUT2D eigenvalue weighted by atomic mass is 16.2. The molecule has 0 saturated heterocycles. The Morgan fingerprint density at radius 2 is 1.94 bits per heavy atom. The van der Waals surface area contributed by atoms with Crippen LogP contribution >= 0.6 is 0 Å². The van der Waals surface area contributed by atoms with Crippen molar-refractivity contribution in [2.45, 2.75) is 46.8 Å². The number of carbonyl (C=O) groups excluding carboxylic acids is 1. The number of aryl methyl sites for hydroxylation is 2. The summed E-state index contributed by atoms with van der Waals surface area (Å²) >= 11 is 0. The van der Waals surface area contributed by atoms with E-state index >= 15 is 0 Å². The van der Waals surface area contributed by atoms with Gasteiger partial charge in [0.05, 0.1) is 23.5 Å². The Bertz CT molecular complexity index is 1320. The van der Waals surface area contributed by atoms with Crippen molar-refractivity contribution in [3.8, 4) is 0 Å². The number of carbonyl (C=O) groups is 1. The van der Waals surface area contributed by atoms with Gasteiger partial charge < -0.3 is 9.88 Å². The molecule has 0 bridgehead atoms. The molecular weight excluding hydrogens is 392 g/mol. The van der Waals surface area contributed by atoms with E-state index in [1.54, 1.807) is 23.0 Å². The van der Waals surface area contributed by atoms with Crippen LogP contribution in [0.1, 0.15) is 36.8 Å². The highest BCUT2D eigenvalue weighted by Gasteiger charge is 2.22. The van der Waals surface area contributed by atoms with Crippen molar-refractivity contribution in [2.24, 2.45) is 5.92 Å². The maximum atomic E-state index is 13.2. The van der Waals surface area contributed by atoms with Crippen LogP contribution in [0.15, 0.2) is 47.4 Å². The van der Waals surface area contributed by atoms with Crippen LogP contribution < -0.4 is 10.7 Å². The molecular formula is C23H26N6O2. The summed E-state index contributed by atoms with van der Waals surface area (Å²) in [5.41, 5.74) is 2.94. The first-order valence-corrected chi connectivity index (χ1v) is 10.5. The minimum atomic E-state index is -0.391. The van der Waals surface area contributed by atoms with Crippen LogP contribution in [-0.2, 0) is 13.1 Å². The van der Waals surface area contributed by atoms with Crippen molar-refractivity contribution < 1.29 is 4.79 Å². The van der Waals surface area contributed by atoms with Gasteiger partial charge in [-0.3, -0.25) is 9.59 Å². The number of nitrogens with zero attached hydrogens (tertiary/aromatic N) is 5. The number of rotatable bonds is 6. The second kappa shape index (κ2) is 8.29. The van der Waals surface area contributed by atoms with Crippen molar-refractivity contribution in [1.82, 2.24) is 29.9 Å². The third-order valence-corrected chi connectivity index (χ3v) is 5.56.